The summed E-state index contributed by atoms with van der Waals surface area (Å²) in [6.45, 7) is -1.83. The predicted molar refractivity (Wildman–Crippen MR) is 59.4 cm³/mol. The summed E-state index contributed by atoms with van der Waals surface area (Å²) in [7, 11) is -4.26. The van der Waals surface area contributed by atoms with Crippen LogP contribution >= 0.6 is 0 Å². The van der Waals surface area contributed by atoms with E-state index in [1.54, 1.807) is 0 Å². The van der Waals surface area contributed by atoms with Crippen molar-refractivity contribution >= 4 is 16.2 Å². The first-order valence-electron chi connectivity index (χ1n) is 5.64. The molecular weight excluding hydrogens is 289 g/mol. The van der Waals surface area contributed by atoms with Gasteiger partial charge in [-0.15, -0.1) is 0 Å². The fraction of sp³-hybridized carbons (Fsp3) is 0.889. The van der Waals surface area contributed by atoms with Gasteiger partial charge in [-0.3, -0.25) is 4.79 Å². The van der Waals surface area contributed by atoms with E-state index in [0.717, 1.165) is 0 Å². The Kier molecular flexibility index (Phi) is 5.16. The lowest BCUT2D eigenvalue weighted by atomic mass is 9.97. The molecule has 19 heavy (non-hydrogen) atoms. The van der Waals surface area contributed by atoms with Gasteiger partial charge in [-0.2, -0.15) is 26.3 Å². The first kappa shape index (κ1) is 16.2. The van der Waals surface area contributed by atoms with Gasteiger partial charge in [-0.1, -0.05) is 6.42 Å². The van der Waals surface area contributed by atoms with Gasteiger partial charge in [0.1, 0.15) is 6.54 Å². The molecule has 1 saturated carbocycles. The van der Waals surface area contributed by atoms with Crippen molar-refractivity contribution in [1.82, 2.24) is 9.44 Å². The van der Waals surface area contributed by atoms with Crippen molar-refractivity contribution in [2.45, 2.75) is 25.4 Å². The van der Waals surface area contributed by atoms with E-state index in [4.69, 9.17) is 5.11 Å². The Bertz CT molecular complexity index is 424. The zero-order valence-electron chi connectivity index (χ0n) is 9.90. The van der Waals surface area contributed by atoms with E-state index >= 15 is 0 Å². The molecule has 0 spiro atoms. The molecule has 0 bridgehead atoms. The monoisotopic (exact) mass is 304 g/mol. The van der Waals surface area contributed by atoms with Crippen LogP contribution in [0.15, 0.2) is 0 Å². The van der Waals surface area contributed by atoms with Gasteiger partial charge >= 0.3 is 12.1 Å². The third-order valence-corrected chi connectivity index (χ3v) is 4.05. The van der Waals surface area contributed by atoms with Gasteiger partial charge in [0.05, 0.1) is 5.92 Å². The number of halogens is 3. The molecule has 0 aliphatic heterocycles. The van der Waals surface area contributed by atoms with E-state index in [2.05, 4.69) is 0 Å². The van der Waals surface area contributed by atoms with Crippen molar-refractivity contribution in [3.63, 3.8) is 0 Å². The number of hydrogen-bond acceptors (Lipinski definition) is 3. The molecule has 0 aromatic heterocycles. The average molecular weight is 304 g/mol. The van der Waals surface area contributed by atoms with Crippen LogP contribution in [0.1, 0.15) is 19.3 Å². The van der Waals surface area contributed by atoms with Crippen LogP contribution in [0.3, 0.4) is 0 Å². The predicted octanol–water partition coefficient (Wildman–Crippen LogP) is 0.474. The molecular formula is C9H15F3N2O4S. The second-order valence-corrected chi connectivity index (χ2v) is 6.01. The van der Waals surface area contributed by atoms with E-state index in [1.807, 2.05) is 4.72 Å². The first-order chi connectivity index (χ1) is 8.61. The van der Waals surface area contributed by atoms with Gasteiger partial charge in [-0.25, -0.2) is 4.72 Å². The van der Waals surface area contributed by atoms with Gasteiger partial charge in [-0.05, 0) is 18.8 Å². The number of nitrogens with one attached hydrogen (secondary N) is 2. The Balaban J connectivity index is 2.45. The summed E-state index contributed by atoms with van der Waals surface area (Å²) < 4.78 is 61.4. The van der Waals surface area contributed by atoms with Crippen molar-refractivity contribution in [2.75, 3.05) is 13.1 Å². The summed E-state index contributed by atoms with van der Waals surface area (Å²) in [5.41, 5.74) is 0. The van der Waals surface area contributed by atoms with Crippen LogP contribution in [0.2, 0.25) is 0 Å². The van der Waals surface area contributed by atoms with Gasteiger partial charge < -0.3 is 5.11 Å². The summed E-state index contributed by atoms with van der Waals surface area (Å²) in [6, 6.07) is 0. The summed E-state index contributed by atoms with van der Waals surface area (Å²) in [5, 5.41) is 8.88. The smallest absolute Gasteiger partial charge is 0.402 e. The number of carbonyl (C=O) groups is 1. The molecule has 2 atom stereocenters. The highest BCUT2D eigenvalue weighted by molar-refractivity contribution is 7.87. The minimum atomic E-state index is -4.63. The molecule has 112 valence electrons. The normalized spacial score (nSPS) is 24.6. The van der Waals surface area contributed by atoms with Crippen molar-refractivity contribution in [3.8, 4) is 0 Å². The fourth-order valence-corrected chi connectivity index (χ4v) is 2.94. The van der Waals surface area contributed by atoms with E-state index in [-0.39, 0.29) is 12.5 Å². The molecule has 0 radical (unpaired) electrons. The summed E-state index contributed by atoms with van der Waals surface area (Å²) in [6.07, 6.45) is -2.97. The maximum atomic E-state index is 11.9. The highest BCUT2D eigenvalue weighted by Gasteiger charge is 2.34. The number of carboxylic acids is 1. The van der Waals surface area contributed by atoms with Crippen LogP contribution in [-0.2, 0) is 15.0 Å². The SMILES string of the molecule is O=C(O)C1CCCC1CNS(=O)(=O)NCC(F)(F)F. The average Bonchev–Trinajstić information content (AvgIpc) is 2.71. The molecule has 0 saturated heterocycles. The zero-order chi connectivity index (χ0) is 14.7. The third-order valence-electron chi connectivity index (χ3n) is 2.97. The Morgan fingerprint density at radius 2 is 1.89 bits per heavy atom. The number of alkyl halides is 3. The quantitative estimate of drug-likeness (QED) is 0.665. The van der Waals surface area contributed by atoms with Crippen molar-refractivity contribution in [3.05, 3.63) is 0 Å². The minimum Gasteiger partial charge on any atom is -0.481 e. The third kappa shape index (κ3) is 5.74. The van der Waals surface area contributed by atoms with E-state index < -0.39 is 34.8 Å². The lowest BCUT2D eigenvalue weighted by Gasteiger charge is -2.17. The van der Waals surface area contributed by atoms with Crippen molar-refractivity contribution in [1.29, 1.82) is 0 Å². The standard InChI is InChI=1S/C9H15F3N2O4S/c10-9(11,12)5-14-19(17,18)13-4-6-2-1-3-7(6)8(15)16/h6-7,13-14H,1-5H2,(H,15,16). The number of aliphatic carboxylic acids is 1. The lowest BCUT2D eigenvalue weighted by molar-refractivity contribution is -0.142. The molecule has 10 heteroatoms. The Hall–Kier alpha value is -0.870. The minimum absolute atomic E-state index is 0.176. The van der Waals surface area contributed by atoms with Gasteiger partial charge in [0, 0.05) is 6.54 Å². The summed E-state index contributed by atoms with van der Waals surface area (Å²) >= 11 is 0. The van der Waals surface area contributed by atoms with Crippen molar-refractivity contribution in [2.24, 2.45) is 11.8 Å². The van der Waals surface area contributed by atoms with E-state index in [9.17, 15) is 26.4 Å². The largest absolute Gasteiger partial charge is 0.481 e. The van der Waals surface area contributed by atoms with Crippen molar-refractivity contribution < 1.29 is 31.5 Å². The topological polar surface area (TPSA) is 95.5 Å². The van der Waals surface area contributed by atoms with Crippen LogP contribution in [0, 0.1) is 11.8 Å². The van der Waals surface area contributed by atoms with Crippen LogP contribution in [-0.4, -0.2) is 38.8 Å². The number of carboxylic acid groups (broad SMARTS) is 1. The molecule has 0 heterocycles. The molecule has 1 rings (SSSR count). The molecule has 1 aliphatic carbocycles. The lowest BCUT2D eigenvalue weighted by Crippen LogP contribution is -2.43. The fourth-order valence-electron chi connectivity index (χ4n) is 2.05. The van der Waals surface area contributed by atoms with Gasteiger partial charge in [0.25, 0.3) is 10.2 Å². The number of rotatable bonds is 6. The number of hydrogen-bond donors (Lipinski definition) is 3. The molecule has 2 unspecified atom stereocenters. The molecule has 0 aromatic carbocycles. The molecule has 6 nitrogen and oxygen atoms in total. The zero-order valence-corrected chi connectivity index (χ0v) is 10.7. The molecule has 0 aromatic rings. The maximum absolute atomic E-state index is 11.9. The highest BCUT2D eigenvalue weighted by Crippen LogP contribution is 2.31. The van der Waals surface area contributed by atoms with Crippen LogP contribution in [0.25, 0.3) is 0 Å². The second kappa shape index (κ2) is 6.06. The highest BCUT2D eigenvalue weighted by atomic mass is 32.2. The van der Waals surface area contributed by atoms with Crippen LogP contribution in [0.4, 0.5) is 13.2 Å². The van der Waals surface area contributed by atoms with Crippen LogP contribution < -0.4 is 9.44 Å². The Morgan fingerprint density at radius 1 is 1.26 bits per heavy atom. The maximum Gasteiger partial charge on any atom is 0.402 e. The first-order valence-corrected chi connectivity index (χ1v) is 7.13. The molecule has 1 fully saturated rings. The molecule has 3 N–H and O–H groups in total. The van der Waals surface area contributed by atoms with Gasteiger partial charge in [0.2, 0.25) is 0 Å². The molecule has 1 aliphatic rings. The van der Waals surface area contributed by atoms with E-state index in [1.165, 1.54) is 4.72 Å². The van der Waals surface area contributed by atoms with Crippen LogP contribution in [0.5, 0.6) is 0 Å². The summed E-state index contributed by atoms with van der Waals surface area (Å²) in [5.74, 6) is -2.05. The van der Waals surface area contributed by atoms with Gasteiger partial charge in [0.15, 0.2) is 0 Å². The molecule has 0 amide bonds. The Morgan fingerprint density at radius 3 is 2.42 bits per heavy atom. The Labute approximate surface area is 108 Å². The second-order valence-electron chi connectivity index (χ2n) is 4.42. The summed E-state index contributed by atoms with van der Waals surface area (Å²) in [4.78, 5) is 10.9. The van der Waals surface area contributed by atoms with E-state index in [0.29, 0.717) is 19.3 Å².